The summed E-state index contributed by atoms with van der Waals surface area (Å²) >= 11 is 0. The number of hydrogen-bond donors (Lipinski definition) is 2. The van der Waals surface area contributed by atoms with Crippen LogP contribution in [-0.2, 0) is 0 Å². The smallest absolute Gasteiger partial charge is 0.335 e. The van der Waals surface area contributed by atoms with Gasteiger partial charge in [0.15, 0.2) is 0 Å². The van der Waals surface area contributed by atoms with Crippen molar-refractivity contribution in [3.8, 4) is 0 Å². The van der Waals surface area contributed by atoms with E-state index in [0.717, 1.165) is 18.4 Å². The van der Waals surface area contributed by atoms with Crippen molar-refractivity contribution < 1.29 is 13.6 Å². The standard InChI is InChI=1S/C12H9FN2O3/c13-9-3-2-8(14)5-10(9)15-12(17)7-1-4-11(16)18-6-7/h1-6H,14H2,(H,15,17). The Kier molecular flexibility index (Phi) is 3.09. The quantitative estimate of drug-likeness (QED) is 0.790. The molecule has 0 saturated heterocycles. The number of rotatable bonds is 2. The summed E-state index contributed by atoms with van der Waals surface area (Å²) in [6.07, 6.45) is 1.00. The first-order valence-corrected chi connectivity index (χ1v) is 5.01. The van der Waals surface area contributed by atoms with E-state index in [-0.39, 0.29) is 11.3 Å². The van der Waals surface area contributed by atoms with Crippen LogP contribution in [0.2, 0.25) is 0 Å². The van der Waals surface area contributed by atoms with Gasteiger partial charge < -0.3 is 15.5 Å². The summed E-state index contributed by atoms with van der Waals surface area (Å²) in [6.45, 7) is 0. The molecule has 0 unspecified atom stereocenters. The molecule has 18 heavy (non-hydrogen) atoms. The molecular formula is C12H9FN2O3. The van der Waals surface area contributed by atoms with Gasteiger partial charge in [-0.3, -0.25) is 4.79 Å². The Morgan fingerprint density at radius 2 is 2.06 bits per heavy atom. The molecule has 0 aliphatic heterocycles. The average Bonchev–Trinajstić information content (AvgIpc) is 2.34. The lowest BCUT2D eigenvalue weighted by atomic mass is 10.2. The SMILES string of the molecule is Nc1ccc(F)c(NC(=O)c2ccc(=O)oc2)c1. The summed E-state index contributed by atoms with van der Waals surface area (Å²) < 4.78 is 17.9. The van der Waals surface area contributed by atoms with Crippen LogP contribution in [0.3, 0.4) is 0 Å². The maximum atomic E-state index is 13.4. The van der Waals surface area contributed by atoms with E-state index >= 15 is 0 Å². The number of nitrogens with one attached hydrogen (secondary N) is 1. The summed E-state index contributed by atoms with van der Waals surface area (Å²) in [7, 11) is 0. The Labute approximate surface area is 101 Å². The van der Waals surface area contributed by atoms with Gasteiger partial charge in [-0.1, -0.05) is 0 Å². The monoisotopic (exact) mass is 248 g/mol. The third-order valence-corrected chi connectivity index (χ3v) is 2.20. The fraction of sp³-hybridized carbons (Fsp3) is 0. The van der Waals surface area contributed by atoms with Crippen molar-refractivity contribution in [2.24, 2.45) is 0 Å². The second kappa shape index (κ2) is 4.70. The molecule has 2 rings (SSSR count). The first-order valence-electron chi connectivity index (χ1n) is 5.01. The molecular weight excluding hydrogens is 239 g/mol. The molecule has 0 aliphatic rings. The van der Waals surface area contributed by atoms with Crippen LogP contribution in [0.25, 0.3) is 0 Å². The summed E-state index contributed by atoms with van der Waals surface area (Å²) in [6, 6.07) is 6.21. The molecule has 3 N–H and O–H groups in total. The zero-order valence-corrected chi connectivity index (χ0v) is 9.14. The highest BCUT2D eigenvalue weighted by Gasteiger charge is 2.10. The van der Waals surface area contributed by atoms with Crippen molar-refractivity contribution in [1.82, 2.24) is 0 Å². The Hall–Kier alpha value is -2.63. The highest BCUT2D eigenvalue weighted by Crippen LogP contribution is 2.18. The van der Waals surface area contributed by atoms with Gasteiger partial charge >= 0.3 is 5.63 Å². The Balaban J connectivity index is 2.23. The van der Waals surface area contributed by atoms with E-state index < -0.39 is 17.3 Å². The molecule has 0 fully saturated rings. The van der Waals surface area contributed by atoms with Gasteiger partial charge in [-0.15, -0.1) is 0 Å². The van der Waals surface area contributed by atoms with Crippen LogP contribution < -0.4 is 16.7 Å². The van der Waals surface area contributed by atoms with Gasteiger partial charge in [0.2, 0.25) is 0 Å². The zero-order chi connectivity index (χ0) is 13.1. The average molecular weight is 248 g/mol. The Morgan fingerprint density at radius 3 is 2.72 bits per heavy atom. The van der Waals surface area contributed by atoms with Crippen molar-refractivity contribution >= 4 is 17.3 Å². The minimum Gasteiger partial charge on any atom is -0.430 e. The van der Waals surface area contributed by atoms with Crippen molar-refractivity contribution in [3.63, 3.8) is 0 Å². The molecule has 1 amide bonds. The topological polar surface area (TPSA) is 85.3 Å². The largest absolute Gasteiger partial charge is 0.430 e. The number of hydrogen-bond acceptors (Lipinski definition) is 4. The maximum absolute atomic E-state index is 13.4. The highest BCUT2D eigenvalue weighted by molar-refractivity contribution is 6.04. The van der Waals surface area contributed by atoms with Gasteiger partial charge in [-0.25, -0.2) is 9.18 Å². The van der Waals surface area contributed by atoms with E-state index in [1.807, 2.05) is 0 Å². The van der Waals surface area contributed by atoms with Gasteiger partial charge in [0.25, 0.3) is 5.91 Å². The van der Waals surface area contributed by atoms with Crippen LogP contribution in [0.4, 0.5) is 15.8 Å². The molecule has 5 nitrogen and oxygen atoms in total. The zero-order valence-electron chi connectivity index (χ0n) is 9.14. The van der Waals surface area contributed by atoms with Gasteiger partial charge in [0.1, 0.15) is 12.1 Å². The molecule has 0 aliphatic carbocycles. The van der Waals surface area contributed by atoms with Crippen molar-refractivity contribution in [1.29, 1.82) is 0 Å². The molecule has 1 aromatic carbocycles. The van der Waals surface area contributed by atoms with Crippen LogP contribution in [0, 0.1) is 5.82 Å². The highest BCUT2D eigenvalue weighted by atomic mass is 19.1. The molecule has 0 spiro atoms. The minimum absolute atomic E-state index is 0.0359. The Morgan fingerprint density at radius 1 is 1.28 bits per heavy atom. The second-order valence-corrected chi connectivity index (χ2v) is 3.54. The lowest BCUT2D eigenvalue weighted by Crippen LogP contribution is -2.14. The number of amides is 1. The molecule has 0 atom stereocenters. The van der Waals surface area contributed by atoms with E-state index in [9.17, 15) is 14.0 Å². The third-order valence-electron chi connectivity index (χ3n) is 2.20. The number of carbonyl (C=O) groups excluding carboxylic acids is 1. The van der Waals surface area contributed by atoms with Crippen LogP contribution in [0.5, 0.6) is 0 Å². The lowest BCUT2D eigenvalue weighted by molar-refractivity contribution is 0.102. The van der Waals surface area contributed by atoms with Gasteiger partial charge in [0, 0.05) is 11.8 Å². The second-order valence-electron chi connectivity index (χ2n) is 3.54. The first kappa shape index (κ1) is 11.8. The minimum atomic E-state index is -0.602. The lowest BCUT2D eigenvalue weighted by Gasteiger charge is -2.06. The predicted molar refractivity (Wildman–Crippen MR) is 63.7 cm³/mol. The van der Waals surface area contributed by atoms with Crippen LogP contribution in [-0.4, -0.2) is 5.91 Å². The summed E-state index contributed by atoms with van der Waals surface area (Å²) in [4.78, 5) is 22.4. The predicted octanol–water partition coefficient (Wildman–Crippen LogP) is 1.61. The van der Waals surface area contributed by atoms with Gasteiger partial charge in [-0.2, -0.15) is 0 Å². The summed E-state index contributed by atoms with van der Waals surface area (Å²) in [5.74, 6) is -1.20. The molecule has 0 saturated carbocycles. The molecule has 92 valence electrons. The van der Waals surface area contributed by atoms with Crippen LogP contribution in [0.1, 0.15) is 10.4 Å². The normalized spacial score (nSPS) is 10.1. The fourth-order valence-corrected chi connectivity index (χ4v) is 1.32. The van der Waals surface area contributed by atoms with Crippen LogP contribution in [0.15, 0.2) is 45.8 Å². The van der Waals surface area contributed by atoms with Crippen molar-refractivity contribution in [2.75, 3.05) is 11.1 Å². The van der Waals surface area contributed by atoms with E-state index in [1.54, 1.807) is 0 Å². The van der Waals surface area contributed by atoms with E-state index in [4.69, 9.17) is 5.73 Å². The number of carbonyl (C=O) groups is 1. The van der Waals surface area contributed by atoms with Crippen molar-refractivity contribution in [3.05, 3.63) is 58.4 Å². The van der Waals surface area contributed by atoms with E-state index in [2.05, 4.69) is 9.73 Å². The Bertz CT molecular complexity index is 632. The van der Waals surface area contributed by atoms with Gasteiger partial charge in [-0.05, 0) is 24.3 Å². The van der Waals surface area contributed by atoms with E-state index in [0.29, 0.717) is 5.69 Å². The molecule has 1 heterocycles. The molecule has 1 aromatic heterocycles. The van der Waals surface area contributed by atoms with E-state index in [1.165, 1.54) is 18.2 Å². The summed E-state index contributed by atoms with van der Waals surface area (Å²) in [5, 5.41) is 2.33. The number of nitrogens with two attached hydrogens (primary N) is 1. The molecule has 6 heteroatoms. The third kappa shape index (κ3) is 2.54. The maximum Gasteiger partial charge on any atom is 0.335 e. The molecule has 0 bridgehead atoms. The number of nitrogen functional groups attached to an aromatic ring is 1. The van der Waals surface area contributed by atoms with Crippen LogP contribution >= 0.6 is 0 Å². The first-order chi connectivity index (χ1) is 8.56. The molecule has 0 radical (unpaired) electrons. The number of halogens is 1. The number of benzene rings is 1. The van der Waals surface area contributed by atoms with Gasteiger partial charge in [0.05, 0.1) is 11.3 Å². The molecule has 2 aromatic rings. The number of anilines is 2. The summed E-state index contributed by atoms with van der Waals surface area (Å²) in [5.41, 5.74) is 5.31. The van der Waals surface area contributed by atoms with Crippen molar-refractivity contribution in [2.45, 2.75) is 0 Å². The fourth-order valence-electron chi connectivity index (χ4n) is 1.32.